The van der Waals surface area contributed by atoms with Crippen molar-refractivity contribution in [2.24, 2.45) is 0 Å². The summed E-state index contributed by atoms with van der Waals surface area (Å²) in [5.41, 5.74) is 1.29. The summed E-state index contributed by atoms with van der Waals surface area (Å²) >= 11 is 0. The molecule has 1 aliphatic rings. The third kappa shape index (κ3) is 4.33. The molecule has 1 saturated heterocycles. The van der Waals surface area contributed by atoms with Gasteiger partial charge >= 0.3 is 0 Å². The highest BCUT2D eigenvalue weighted by Gasteiger charge is 2.47. The number of likely N-dealkylation sites (tertiary alicyclic amines) is 1. The van der Waals surface area contributed by atoms with Gasteiger partial charge in [-0.05, 0) is 12.1 Å². The molecule has 1 unspecified atom stereocenters. The molecule has 0 aromatic carbocycles. The number of carbonyl (C=O) groups excluding carboxylic acids is 2. The van der Waals surface area contributed by atoms with E-state index in [1.807, 2.05) is 0 Å². The first-order chi connectivity index (χ1) is 13.4. The van der Waals surface area contributed by atoms with Crippen LogP contribution in [-0.4, -0.2) is 51.7 Å². The van der Waals surface area contributed by atoms with Crippen LogP contribution in [0, 0.1) is 23.2 Å². The molecule has 3 rings (SSSR count). The molecule has 2 amide bonds. The van der Waals surface area contributed by atoms with E-state index in [1.165, 1.54) is 18.5 Å². The van der Waals surface area contributed by atoms with Crippen LogP contribution in [0.2, 0.25) is 0 Å². The van der Waals surface area contributed by atoms with Crippen molar-refractivity contribution in [3.8, 4) is 17.9 Å². The Morgan fingerprint density at radius 3 is 2.93 bits per heavy atom. The molecule has 0 spiro atoms. The van der Waals surface area contributed by atoms with Crippen molar-refractivity contribution in [2.75, 3.05) is 13.1 Å². The smallest absolute Gasteiger partial charge is 0.268 e. The summed E-state index contributed by atoms with van der Waals surface area (Å²) in [6.07, 6.45) is 5.53. The van der Waals surface area contributed by atoms with E-state index in [1.54, 1.807) is 24.5 Å². The Kier molecular flexibility index (Phi) is 5.37. The largest absolute Gasteiger partial charge is 0.367 e. The van der Waals surface area contributed by atoms with Crippen LogP contribution in [0.1, 0.15) is 27.9 Å². The first-order valence-electron chi connectivity index (χ1n) is 8.33. The van der Waals surface area contributed by atoms with Gasteiger partial charge in [0.25, 0.3) is 11.8 Å². The number of alkyl halides is 2. The van der Waals surface area contributed by atoms with Crippen molar-refractivity contribution in [2.45, 2.75) is 18.4 Å². The number of nitriles is 1. The molecule has 1 aliphatic heterocycles. The van der Waals surface area contributed by atoms with Gasteiger partial charge in [0.1, 0.15) is 6.04 Å². The van der Waals surface area contributed by atoms with Gasteiger partial charge in [0, 0.05) is 36.8 Å². The third-order valence-corrected chi connectivity index (χ3v) is 4.14. The van der Waals surface area contributed by atoms with Crippen LogP contribution < -0.4 is 5.32 Å². The van der Waals surface area contributed by atoms with Gasteiger partial charge < -0.3 is 15.2 Å². The third-order valence-electron chi connectivity index (χ3n) is 4.14. The summed E-state index contributed by atoms with van der Waals surface area (Å²) < 4.78 is 26.9. The van der Waals surface area contributed by atoms with E-state index in [0.29, 0.717) is 5.56 Å². The SMILES string of the molecule is N#CC1CC(F)(F)CN1C(=O)CNC(=O)c1ccncc1C#Cc1cc[nH]c1. The number of rotatable bonds is 3. The minimum atomic E-state index is -3.11. The number of aromatic nitrogens is 2. The number of nitrogens with one attached hydrogen (secondary N) is 2. The molecule has 3 heterocycles. The number of halogens is 2. The van der Waals surface area contributed by atoms with Gasteiger partial charge in [-0.3, -0.25) is 14.6 Å². The van der Waals surface area contributed by atoms with Gasteiger partial charge in [0.2, 0.25) is 5.91 Å². The molecule has 28 heavy (non-hydrogen) atoms. The van der Waals surface area contributed by atoms with Crippen LogP contribution in [-0.2, 0) is 4.79 Å². The summed E-state index contributed by atoms with van der Waals surface area (Å²) in [7, 11) is 0. The van der Waals surface area contributed by atoms with E-state index in [-0.39, 0.29) is 5.56 Å². The molecule has 1 atom stereocenters. The van der Waals surface area contributed by atoms with E-state index in [2.05, 4.69) is 27.1 Å². The fraction of sp³-hybridized carbons (Fsp3) is 0.263. The molecule has 0 saturated carbocycles. The van der Waals surface area contributed by atoms with Gasteiger partial charge in [-0.25, -0.2) is 8.78 Å². The first-order valence-corrected chi connectivity index (χ1v) is 8.33. The highest BCUT2D eigenvalue weighted by Crippen LogP contribution is 2.31. The van der Waals surface area contributed by atoms with Gasteiger partial charge in [-0.2, -0.15) is 5.26 Å². The summed E-state index contributed by atoms with van der Waals surface area (Å²) in [5.74, 6) is 1.27. The quantitative estimate of drug-likeness (QED) is 0.780. The number of aromatic amines is 1. The topological polar surface area (TPSA) is 102 Å². The maximum absolute atomic E-state index is 13.5. The highest BCUT2D eigenvalue weighted by molar-refractivity contribution is 5.98. The van der Waals surface area contributed by atoms with Gasteiger partial charge in [0.15, 0.2) is 0 Å². The summed E-state index contributed by atoms with van der Waals surface area (Å²) in [5, 5.41) is 11.4. The lowest BCUT2D eigenvalue weighted by molar-refractivity contribution is -0.131. The van der Waals surface area contributed by atoms with Crippen molar-refractivity contribution in [1.29, 1.82) is 5.26 Å². The Balaban J connectivity index is 1.67. The fourth-order valence-electron chi connectivity index (χ4n) is 2.78. The number of hydrogen-bond donors (Lipinski definition) is 2. The van der Waals surface area contributed by atoms with Crippen LogP contribution >= 0.6 is 0 Å². The zero-order valence-corrected chi connectivity index (χ0v) is 14.6. The normalized spacial score (nSPS) is 17.3. The molecular weight excluding hydrogens is 368 g/mol. The zero-order chi connectivity index (χ0) is 20.1. The highest BCUT2D eigenvalue weighted by atomic mass is 19.3. The average Bonchev–Trinajstić information content (AvgIpc) is 3.31. The number of pyridine rings is 1. The predicted octanol–water partition coefficient (Wildman–Crippen LogP) is 1.30. The van der Waals surface area contributed by atoms with E-state index >= 15 is 0 Å². The molecule has 1 fully saturated rings. The summed E-state index contributed by atoms with van der Waals surface area (Å²) in [6.45, 7) is -1.33. The van der Waals surface area contributed by atoms with E-state index in [0.717, 1.165) is 10.5 Å². The van der Waals surface area contributed by atoms with E-state index < -0.39 is 43.3 Å². The molecule has 2 aromatic rings. The van der Waals surface area contributed by atoms with Crippen molar-refractivity contribution < 1.29 is 18.4 Å². The average molecular weight is 383 g/mol. The van der Waals surface area contributed by atoms with Gasteiger partial charge in [-0.1, -0.05) is 11.8 Å². The zero-order valence-electron chi connectivity index (χ0n) is 14.6. The summed E-state index contributed by atoms with van der Waals surface area (Å²) in [4.78, 5) is 32.2. The Morgan fingerprint density at radius 2 is 2.21 bits per heavy atom. The minimum Gasteiger partial charge on any atom is -0.367 e. The van der Waals surface area contributed by atoms with E-state index in [4.69, 9.17) is 5.26 Å². The van der Waals surface area contributed by atoms with Crippen LogP contribution in [0.3, 0.4) is 0 Å². The van der Waals surface area contributed by atoms with Gasteiger partial charge in [0.05, 0.1) is 30.3 Å². The summed E-state index contributed by atoms with van der Waals surface area (Å²) in [6, 6.07) is 3.70. The van der Waals surface area contributed by atoms with E-state index in [9.17, 15) is 18.4 Å². The molecule has 0 bridgehead atoms. The Morgan fingerprint density at radius 1 is 1.39 bits per heavy atom. The molecule has 9 heteroatoms. The Bertz CT molecular complexity index is 986. The molecule has 2 aromatic heterocycles. The number of nitrogens with zero attached hydrogens (tertiary/aromatic N) is 3. The maximum Gasteiger partial charge on any atom is 0.268 e. The standard InChI is InChI=1S/C19H15F2N5O2/c20-19(21)7-15(8-22)26(12-19)17(27)11-25-18(28)16-4-6-24-10-14(16)2-1-13-3-5-23-9-13/h3-6,9-10,15,23H,7,11-12H2,(H,25,28). The van der Waals surface area contributed by atoms with Crippen molar-refractivity contribution in [3.63, 3.8) is 0 Å². The van der Waals surface area contributed by atoms with Gasteiger partial charge in [-0.15, -0.1) is 0 Å². The minimum absolute atomic E-state index is 0.203. The number of H-pyrrole nitrogens is 1. The molecule has 142 valence electrons. The van der Waals surface area contributed by atoms with Crippen LogP contribution in [0.5, 0.6) is 0 Å². The second-order valence-electron chi connectivity index (χ2n) is 6.18. The molecule has 0 aliphatic carbocycles. The second kappa shape index (κ2) is 7.89. The van der Waals surface area contributed by atoms with Crippen LogP contribution in [0.4, 0.5) is 8.78 Å². The lowest BCUT2D eigenvalue weighted by atomic mass is 10.1. The molecule has 2 N–H and O–H groups in total. The first kappa shape index (κ1) is 19.1. The monoisotopic (exact) mass is 383 g/mol. The fourth-order valence-corrected chi connectivity index (χ4v) is 2.78. The van der Waals surface area contributed by atoms with Crippen molar-refractivity contribution in [3.05, 3.63) is 53.6 Å². The maximum atomic E-state index is 13.5. The molecule has 0 radical (unpaired) electrons. The van der Waals surface area contributed by atoms with Crippen molar-refractivity contribution in [1.82, 2.24) is 20.2 Å². The van der Waals surface area contributed by atoms with Crippen molar-refractivity contribution >= 4 is 11.8 Å². The second-order valence-corrected chi connectivity index (χ2v) is 6.18. The number of amides is 2. The predicted molar refractivity (Wildman–Crippen MR) is 94.0 cm³/mol. The lowest BCUT2D eigenvalue weighted by Gasteiger charge is -2.19. The molecule has 7 nitrogen and oxygen atoms in total. The Hall–Kier alpha value is -3.72. The number of hydrogen-bond acceptors (Lipinski definition) is 4. The molecular formula is C19H15F2N5O2. The Labute approximate surface area is 159 Å². The van der Waals surface area contributed by atoms with Crippen LogP contribution in [0.15, 0.2) is 36.9 Å². The van der Waals surface area contributed by atoms with Crippen LogP contribution in [0.25, 0.3) is 0 Å². The lowest BCUT2D eigenvalue weighted by Crippen LogP contribution is -2.43. The number of carbonyl (C=O) groups is 2.